The molecule has 1 aliphatic carbocycles. The highest BCUT2D eigenvalue weighted by molar-refractivity contribution is 9.08. The summed E-state index contributed by atoms with van der Waals surface area (Å²) in [5, 5.41) is 0.648. The molecule has 19 heavy (non-hydrogen) atoms. The molecule has 1 saturated carbocycles. The summed E-state index contributed by atoms with van der Waals surface area (Å²) in [4.78, 5) is 0. The molecule has 1 aliphatic rings. The van der Waals surface area contributed by atoms with Gasteiger partial charge in [-0.05, 0) is 30.4 Å². The summed E-state index contributed by atoms with van der Waals surface area (Å²) >= 11 is 3.38. The maximum atomic E-state index is 12.2. The largest absolute Gasteiger partial charge is 0.283 e. The van der Waals surface area contributed by atoms with E-state index in [0.717, 1.165) is 31.2 Å². The first-order valence-electron chi connectivity index (χ1n) is 6.75. The van der Waals surface area contributed by atoms with Crippen LogP contribution in [0.3, 0.4) is 0 Å². The van der Waals surface area contributed by atoms with Crippen LogP contribution in [-0.4, -0.2) is 14.2 Å². The van der Waals surface area contributed by atoms with Crippen molar-refractivity contribution in [3.05, 3.63) is 29.8 Å². The third-order valence-electron chi connectivity index (χ3n) is 3.61. The smallest absolute Gasteiger partial charge is 0.233 e. The molecule has 0 amide bonds. The maximum Gasteiger partial charge on any atom is 0.233 e. The Labute approximate surface area is 124 Å². The lowest BCUT2D eigenvalue weighted by molar-refractivity contribution is 0.385. The second-order valence-corrected chi connectivity index (χ2v) is 7.51. The van der Waals surface area contributed by atoms with Crippen molar-refractivity contribution < 1.29 is 8.42 Å². The fourth-order valence-electron chi connectivity index (χ4n) is 2.61. The van der Waals surface area contributed by atoms with E-state index in [1.165, 1.54) is 6.42 Å². The summed E-state index contributed by atoms with van der Waals surface area (Å²) in [6.07, 6.45) is 5.66. The Kier molecular flexibility index (Phi) is 5.28. The normalized spacial score (nSPS) is 17.3. The number of hydrogen-bond donors (Lipinski definition) is 1. The number of para-hydroxylation sites is 1. The predicted molar refractivity (Wildman–Crippen MR) is 83.1 cm³/mol. The number of benzene rings is 1. The van der Waals surface area contributed by atoms with E-state index < -0.39 is 10.0 Å². The highest BCUT2D eigenvalue weighted by atomic mass is 79.9. The summed E-state index contributed by atoms with van der Waals surface area (Å²) in [6, 6.07) is 7.50. The minimum atomic E-state index is -3.24. The van der Waals surface area contributed by atoms with Crippen LogP contribution in [0.25, 0.3) is 0 Å². The molecular weight excluding hydrogens is 326 g/mol. The second-order valence-electron chi connectivity index (χ2n) is 5.18. The molecule has 0 atom stereocenters. The molecule has 0 saturated heterocycles. The van der Waals surface area contributed by atoms with Crippen LogP contribution in [0.1, 0.15) is 37.7 Å². The molecule has 0 spiro atoms. The van der Waals surface area contributed by atoms with Gasteiger partial charge >= 0.3 is 0 Å². The zero-order chi connectivity index (χ0) is 13.7. The first kappa shape index (κ1) is 14.9. The lowest BCUT2D eigenvalue weighted by Gasteiger charge is -2.22. The molecule has 1 aromatic carbocycles. The predicted octanol–water partition coefficient (Wildman–Crippen LogP) is 3.90. The van der Waals surface area contributed by atoms with Crippen molar-refractivity contribution in [2.45, 2.75) is 37.4 Å². The van der Waals surface area contributed by atoms with Gasteiger partial charge in [0, 0.05) is 5.33 Å². The molecule has 0 radical (unpaired) electrons. The van der Waals surface area contributed by atoms with E-state index in [0.29, 0.717) is 16.9 Å². The number of sulfonamides is 1. The van der Waals surface area contributed by atoms with Gasteiger partial charge in [0.25, 0.3) is 0 Å². The van der Waals surface area contributed by atoms with Crippen LogP contribution in [0.15, 0.2) is 24.3 Å². The Bertz CT molecular complexity index is 510. The molecule has 1 N–H and O–H groups in total. The number of alkyl halides is 1. The number of anilines is 1. The van der Waals surface area contributed by atoms with Crippen LogP contribution in [0.2, 0.25) is 0 Å². The average molecular weight is 346 g/mol. The molecule has 106 valence electrons. The van der Waals surface area contributed by atoms with E-state index in [-0.39, 0.29) is 5.75 Å². The Balaban J connectivity index is 2.03. The van der Waals surface area contributed by atoms with Crippen molar-refractivity contribution in [2.24, 2.45) is 5.92 Å². The SMILES string of the molecule is O=S(=O)(CC1CCCCC1)Nc1ccccc1CBr. The van der Waals surface area contributed by atoms with E-state index in [9.17, 15) is 8.42 Å². The van der Waals surface area contributed by atoms with Gasteiger partial charge in [0.1, 0.15) is 0 Å². The Morgan fingerprint density at radius 1 is 1.16 bits per heavy atom. The molecule has 0 unspecified atom stereocenters. The summed E-state index contributed by atoms with van der Waals surface area (Å²) in [6.45, 7) is 0. The van der Waals surface area contributed by atoms with Crippen molar-refractivity contribution in [1.29, 1.82) is 0 Å². The van der Waals surface area contributed by atoms with Gasteiger partial charge in [-0.25, -0.2) is 8.42 Å². The van der Waals surface area contributed by atoms with E-state index in [1.54, 1.807) is 0 Å². The fourth-order valence-corrected chi connectivity index (χ4v) is 4.67. The highest BCUT2D eigenvalue weighted by Crippen LogP contribution is 2.26. The van der Waals surface area contributed by atoms with Gasteiger partial charge in [0.15, 0.2) is 0 Å². The molecule has 0 aromatic heterocycles. The number of rotatable bonds is 5. The number of hydrogen-bond acceptors (Lipinski definition) is 2. The van der Waals surface area contributed by atoms with Gasteiger partial charge in [-0.2, -0.15) is 0 Å². The van der Waals surface area contributed by atoms with E-state index in [4.69, 9.17) is 0 Å². The molecule has 0 heterocycles. The standard InChI is InChI=1S/C14H20BrNO2S/c15-10-13-8-4-5-9-14(13)16-19(17,18)11-12-6-2-1-3-7-12/h4-5,8-9,12,16H,1-3,6-7,10-11H2. The van der Waals surface area contributed by atoms with Crippen LogP contribution in [0, 0.1) is 5.92 Å². The maximum absolute atomic E-state index is 12.2. The van der Waals surface area contributed by atoms with Crippen molar-refractivity contribution in [3.8, 4) is 0 Å². The van der Waals surface area contributed by atoms with Gasteiger partial charge in [0.2, 0.25) is 10.0 Å². The Morgan fingerprint density at radius 3 is 2.53 bits per heavy atom. The first-order chi connectivity index (χ1) is 9.11. The summed E-state index contributed by atoms with van der Waals surface area (Å²) in [5.41, 5.74) is 1.66. The van der Waals surface area contributed by atoms with Crippen molar-refractivity contribution >= 4 is 31.6 Å². The number of nitrogens with one attached hydrogen (secondary N) is 1. The summed E-state index contributed by atoms with van der Waals surface area (Å²) in [7, 11) is -3.24. The highest BCUT2D eigenvalue weighted by Gasteiger charge is 2.21. The van der Waals surface area contributed by atoms with Gasteiger partial charge < -0.3 is 0 Å². The molecule has 2 rings (SSSR count). The fraction of sp³-hybridized carbons (Fsp3) is 0.571. The number of halogens is 1. The molecule has 5 heteroatoms. The van der Waals surface area contributed by atoms with Gasteiger partial charge in [-0.3, -0.25) is 4.72 Å². The Hall–Kier alpha value is -0.550. The van der Waals surface area contributed by atoms with E-state index in [2.05, 4.69) is 20.7 Å². The van der Waals surface area contributed by atoms with Crippen molar-refractivity contribution in [2.75, 3.05) is 10.5 Å². The first-order valence-corrected chi connectivity index (χ1v) is 9.52. The van der Waals surface area contributed by atoms with Gasteiger partial charge in [0.05, 0.1) is 11.4 Å². The van der Waals surface area contributed by atoms with Crippen molar-refractivity contribution in [3.63, 3.8) is 0 Å². The second kappa shape index (κ2) is 6.75. The molecule has 3 nitrogen and oxygen atoms in total. The molecular formula is C14H20BrNO2S. The average Bonchev–Trinajstić information content (AvgIpc) is 2.39. The zero-order valence-corrected chi connectivity index (χ0v) is 13.3. The van der Waals surface area contributed by atoms with Crippen molar-refractivity contribution in [1.82, 2.24) is 0 Å². The van der Waals surface area contributed by atoms with Crippen LogP contribution >= 0.6 is 15.9 Å². The van der Waals surface area contributed by atoms with Crippen LogP contribution in [0.5, 0.6) is 0 Å². The molecule has 1 aromatic rings. The third-order valence-corrected chi connectivity index (χ3v) is 5.65. The quantitative estimate of drug-likeness (QED) is 0.822. The van der Waals surface area contributed by atoms with Crippen LogP contribution < -0.4 is 4.72 Å². The molecule has 0 aliphatic heterocycles. The minimum absolute atomic E-state index is 0.254. The Morgan fingerprint density at radius 2 is 1.84 bits per heavy atom. The molecule has 0 bridgehead atoms. The zero-order valence-electron chi connectivity index (χ0n) is 10.9. The minimum Gasteiger partial charge on any atom is -0.283 e. The summed E-state index contributed by atoms with van der Waals surface area (Å²) < 4.78 is 27.1. The monoisotopic (exact) mass is 345 g/mol. The topological polar surface area (TPSA) is 46.2 Å². The van der Waals surface area contributed by atoms with Gasteiger partial charge in [-0.15, -0.1) is 0 Å². The van der Waals surface area contributed by atoms with E-state index >= 15 is 0 Å². The van der Waals surface area contributed by atoms with Gasteiger partial charge in [-0.1, -0.05) is 53.4 Å². The lowest BCUT2D eigenvalue weighted by Crippen LogP contribution is -2.24. The molecule has 1 fully saturated rings. The third kappa shape index (κ3) is 4.49. The van der Waals surface area contributed by atoms with E-state index in [1.807, 2.05) is 24.3 Å². The van der Waals surface area contributed by atoms with Crippen LogP contribution in [-0.2, 0) is 15.4 Å². The van der Waals surface area contributed by atoms with Crippen LogP contribution in [0.4, 0.5) is 5.69 Å². The lowest BCUT2D eigenvalue weighted by atomic mass is 9.91. The summed E-state index contributed by atoms with van der Waals surface area (Å²) in [5.74, 6) is 0.575.